The molecule has 2 aromatic rings. The van der Waals surface area contributed by atoms with Crippen LogP contribution in [0.4, 0.5) is 5.69 Å². The molecule has 0 bridgehead atoms. The molecule has 1 N–H and O–H groups in total. The maximum absolute atomic E-state index is 12.7. The topological polar surface area (TPSA) is 48.5 Å². The number of aryl methyl sites for hydroxylation is 1. The normalized spacial score (nSPS) is 17.9. The molecule has 2 aliphatic heterocycles. The first kappa shape index (κ1) is 20.9. The van der Waals surface area contributed by atoms with Crippen LogP contribution >= 0.6 is 0 Å². The molecular formula is C25H34N4O. The minimum atomic E-state index is 0.00254. The molecule has 160 valence electrons. The molecule has 0 aliphatic carbocycles. The molecule has 0 radical (unpaired) electrons. The van der Waals surface area contributed by atoms with Gasteiger partial charge in [-0.25, -0.2) is 0 Å². The number of aromatic nitrogens is 1. The van der Waals surface area contributed by atoms with Crippen molar-refractivity contribution >= 4 is 11.6 Å². The summed E-state index contributed by atoms with van der Waals surface area (Å²) in [5.74, 6) is 0.831. The van der Waals surface area contributed by atoms with Crippen molar-refractivity contribution in [2.24, 2.45) is 5.92 Å². The van der Waals surface area contributed by atoms with Crippen LogP contribution in [-0.2, 0) is 6.42 Å². The minimum Gasteiger partial charge on any atom is -0.371 e. The second-order valence-electron chi connectivity index (χ2n) is 8.65. The number of hydrogen-bond acceptors (Lipinski definition) is 4. The van der Waals surface area contributed by atoms with Gasteiger partial charge in [0.05, 0.1) is 11.3 Å². The van der Waals surface area contributed by atoms with E-state index in [9.17, 15) is 4.79 Å². The quantitative estimate of drug-likeness (QED) is 0.725. The molecule has 0 spiro atoms. The van der Waals surface area contributed by atoms with Gasteiger partial charge in [0.2, 0.25) is 0 Å². The van der Waals surface area contributed by atoms with Crippen LogP contribution < -0.4 is 10.2 Å². The molecule has 3 heterocycles. The van der Waals surface area contributed by atoms with E-state index < -0.39 is 0 Å². The Morgan fingerprint density at radius 3 is 2.57 bits per heavy atom. The fraction of sp³-hybridized carbons (Fsp3) is 0.520. The van der Waals surface area contributed by atoms with E-state index in [4.69, 9.17) is 0 Å². The standard InChI is InChI=1S/C25H34N4O/c30-25(23-20-26-13-10-24(23)29-15-4-5-16-29)27-14-19-28-17-11-22(12-18-28)9-8-21-6-2-1-3-7-21/h1-3,6-7,10,13,20,22H,4-5,8-9,11-12,14-19H2,(H,27,30). The average molecular weight is 407 g/mol. The van der Waals surface area contributed by atoms with Crippen LogP contribution in [0, 0.1) is 5.92 Å². The summed E-state index contributed by atoms with van der Waals surface area (Å²) in [6.45, 7) is 5.97. The van der Waals surface area contributed by atoms with Crippen LogP contribution in [0.15, 0.2) is 48.8 Å². The second-order valence-corrected chi connectivity index (χ2v) is 8.65. The van der Waals surface area contributed by atoms with Crippen LogP contribution in [0.1, 0.15) is 48.0 Å². The van der Waals surface area contributed by atoms with Gasteiger partial charge in [-0.1, -0.05) is 30.3 Å². The summed E-state index contributed by atoms with van der Waals surface area (Å²) in [5, 5.41) is 3.12. The fourth-order valence-electron chi connectivity index (χ4n) is 4.73. The van der Waals surface area contributed by atoms with Gasteiger partial charge in [-0.05, 0) is 69.2 Å². The Kier molecular flexibility index (Phi) is 7.35. The van der Waals surface area contributed by atoms with Crippen LogP contribution in [0.25, 0.3) is 0 Å². The van der Waals surface area contributed by atoms with Gasteiger partial charge in [0.25, 0.3) is 5.91 Å². The minimum absolute atomic E-state index is 0.00254. The van der Waals surface area contributed by atoms with Gasteiger partial charge in [0.1, 0.15) is 0 Å². The van der Waals surface area contributed by atoms with Gasteiger partial charge in [-0.2, -0.15) is 0 Å². The zero-order chi connectivity index (χ0) is 20.6. The molecule has 4 rings (SSSR count). The Morgan fingerprint density at radius 1 is 1.03 bits per heavy atom. The highest BCUT2D eigenvalue weighted by Crippen LogP contribution is 2.24. The Hall–Kier alpha value is -2.40. The first-order valence-electron chi connectivity index (χ1n) is 11.5. The molecule has 0 unspecified atom stereocenters. The van der Waals surface area contributed by atoms with Gasteiger partial charge < -0.3 is 15.1 Å². The molecule has 5 heteroatoms. The van der Waals surface area contributed by atoms with E-state index >= 15 is 0 Å². The van der Waals surface area contributed by atoms with Crippen molar-refractivity contribution < 1.29 is 4.79 Å². The number of anilines is 1. The first-order valence-corrected chi connectivity index (χ1v) is 11.5. The molecular weight excluding hydrogens is 372 g/mol. The van der Waals surface area contributed by atoms with Crippen molar-refractivity contribution in [3.05, 3.63) is 59.9 Å². The number of hydrogen-bond donors (Lipinski definition) is 1. The number of amides is 1. The number of pyridine rings is 1. The third-order valence-corrected chi connectivity index (χ3v) is 6.59. The molecule has 2 fully saturated rings. The first-order chi connectivity index (χ1) is 14.8. The van der Waals surface area contributed by atoms with Crippen LogP contribution in [0.2, 0.25) is 0 Å². The summed E-state index contributed by atoms with van der Waals surface area (Å²) in [7, 11) is 0. The number of carbonyl (C=O) groups is 1. The summed E-state index contributed by atoms with van der Waals surface area (Å²) < 4.78 is 0. The molecule has 1 amide bonds. The summed E-state index contributed by atoms with van der Waals surface area (Å²) in [4.78, 5) is 21.7. The zero-order valence-electron chi connectivity index (χ0n) is 17.9. The van der Waals surface area contributed by atoms with Crippen molar-refractivity contribution in [2.75, 3.05) is 44.2 Å². The van der Waals surface area contributed by atoms with Crippen molar-refractivity contribution in [3.63, 3.8) is 0 Å². The molecule has 30 heavy (non-hydrogen) atoms. The van der Waals surface area contributed by atoms with E-state index in [1.807, 2.05) is 6.07 Å². The SMILES string of the molecule is O=C(NCCN1CCC(CCc2ccccc2)CC1)c1cnccc1N1CCCC1. The van der Waals surface area contributed by atoms with Gasteiger partial charge in [-0.3, -0.25) is 9.78 Å². The van der Waals surface area contributed by atoms with Crippen molar-refractivity contribution in [1.82, 2.24) is 15.2 Å². The number of nitrogens with zero attached hydrogens (tertiary/aromatic N) is 3. The summed E-state index contributed by atoms with van der Waals surface area (Å²) in [5.41, 5.74) is 3.18. The van der Waals surface area contributed by atoms with Gasteiger partial charge in [0, 0.05) is 38.6 Å². The van der Waals surface area contributed by atoms with E-state index in [1.54, 1.807) is 12.4 Å². The molecule has 5 nitrogen and oxygen atoms in total. The summed E-state index contributed by atoms with van der Waals surface area (Å²) in [6.07, 6.45) is 10.9. The lowest BCUT2D eigenvalue weighted by Crippen LogP contribution is -2.40. The van der Waals surface area contributed by atoms with E-state index in [0.29, 0.717) is 12.1 Å². The third kappa shape index (κ3) is 5.60. The van der Waals surface area contributed by atoms with Crippen LogP contribution in [0.3, 0.4) is 0 Å². The van der Waals surface area contributed by atoms with E-state index in [-0.39, 0.29) is 5.91 Å². The predicted octanol–water partition coefficient (Wildman–Crippen LogP) is 3.76. The average Bonchev–Trinajstić information content (AvgIpc) is 3.34. The van der Waals surface area contributed by atoms with E-state index in [0.717, 1.165) is 44.3 Å². The Labute approximate surface area is 180 Å². The van der Waals surface area contributed by atoms with Crippen molar-refractivity contribution in [3.8, 4) is 0 Å². The predicted molar refractivity (Wildman–Crippen MR) is 122 cm³/mol. The number of likely N-dealkylation sites (tertiary alicyclic amines) is 1. The highest BCUT2D eigenvalue weighted by Gasteiger charge is 2.21. The number of rotatable bonds is 8. The Balaban J connectivity index is 1.17. The molecule has 2 saturated heterocycles. The molecule has 0 saturated carbocycles. The highest BCUT2D eigenvalue weighted by atomic mass is 16.1. The second kappa shape index (κ2) is 10.6. The van der Waals surface area contributed by atoms with Crippen LogP contribution in [-0.4, -0.2) is 55.1 Å². The van der Waals surface area contributed by atoms with Crippen LogP contribution in [0.5, 0.6) is 0 Å². The summed E-state index contributed by atoms with van der Waals surface area (Å²) >= 11 is 0. The van der Waals surface area contributed by atoms with Gasteiger partial charge in [0.15, 0.2) is 0 Å². The number of benzene rings is 1. The van der Waals surface area contributed by atoms with Crippen molar-refractivity contribution in [1.29, 1.82) is 0 Å². The number of carbonyl (C=O) groups excluding carboxylic acids is 1. The molecule has 0 atom stereocenters. The summed E-state index contributed by atoms with van der Waals surface area (Å²) in [6, 6.07) is 12.8. The largest absolute Gasteiger partial charge is 0.371 e. The molecule has 2 aliphatic rings. The fourth-order valence-corrected chi connectivity index (χ4v) is 4.73. The number of nitrogens with one attached hydrogen (secondary N) is 1. The Bertz CT molecular complexity index is 796. The Morgan fingerprint density at radius 2 is 1.80 bits per heavy atom. The monoisotopic (exact) mass is 406 g/mol. The van der Waals surface area contributed by atoms with Gasteiger partial charge in [-0.15, -0.1) is 0 Å². The lowest BCUT2D eigenvalue weighted by atomic mass is 9.90. The maximum atomic E-state index is 12.7. The van der Waals surface area contributed by atoms with Crippen molar-refractivity contribution in [2.45, 2.75) is 38.5 Å². The zero-order valence-corrected chi connectivity index (χ0v) is 17.9. The van der Waals surface area contributed by atoms with E-state index in [1.165, 1.54) is 44.1 Å². The maximum Gasteiger partial charge on any atom is 0.255 e. The third-order valence-electron chi connectivity index (χ3n) is 6.59. The van der Waals surface area contributed by atoms with E-state index in [2.05, 4.69) is 50.4 Å². The lowest BCUT2D eigenvalue weighted by molar-refractivity contribution is 0.0944. The highest BCUT2D eigenvalue weighted by molar-refractivity contribution is 5.99. The smallest absolute Gasteiger partial charge is 0.255 e. The van der Waals surface area contributed by atoms with Gasteiger partial charge >= 0.3 is 0 Å². The molecule has 1 aromatic heterocycles. The molecule has 1 aromatic carbocycles. The lowest BCUT2D eigenvalue weighted by Gasteiger charge is -2.32. The number of piperidine rings is 1.